The van der Waals surface area contributed by atoms with Crippen molar-refractivity contribution in [2.24, 2.45) is 0 Å². The minimum atomic E-state index is -4.25. The number of anilines is 1. The van der Waals surface area contributed by atoms with Gasteiger partial charge in [-0.25, -0.2) is 8.42 Å². The van der Waals surface area contributed by atoms with E-state index >= 15 is 0 Å². The van der Waals surface area contributed by atoms with E-state index in [4.69, 9.17) is 27.9 Å². The number of hydrogen-bond acceptors (Lipinski definition) is 5. The van der Waals surface area contributed by atoms with Crippen LogP contribution in [0.3, 0.4) is 0 Å². The summed E-state index contributed by atoms with van der Waals surface area (Å²) >= 11 is 12.5. The first-order chi connectivity index (χ1) is 20.7. The van der Waals surface area contributed by atoms with Gasteiger partial charge in [-0.3, -0.25) is 14.0 Å². The molecule has 5 rings (SSSR count). The fraction of sp³-hybridized carbons (Fsp3) is 0.242. The van der Waals surface area contributed by atoms with Gasteiger partial charge in [-0.1, -0.05) is 89.9 Å². The second-order valence-electron chi connectivity index (χ2n) is 10.4. The molecule has 0 radical (unpaired) electrons. The topological polar surface area (TPSA) is 70.2 Å². The van der Waals surface area contributed by atoms with E-state index in [0.717, 1.165) is 9.87 Å². The number of hydrogen-bond donors (Lipinski definition) is 0. The summed E-state index contributed by atoms with van der Waals surface area (Å²) in [5, 5.41) is 0.515. The Labute approximate surface area is 263 Å². The summed E-state index contributed by atoms with van der Waals surface area (Å²) in [6.45, 7) is 3.53. The third-order valence-corrected chi connectivity index (χ3v) is 9.80. The van der Waals surface area contributed by atoms with Crippen LogP contribution in [0.1, 0.15) is 22.7 Å². The van der Waals surface area contributed by atoms with Crippen LogP contribution in [0, 0.1) is 6.92 Å². The molecule has 0 aromatic heterocycles. The summed E-state index contributed by atoms with van der Waals surface area (Å²) < 4.78 is 34.7. The van der Waals surface area contributed by atoms with Crippen molar-refractivity contribution in [3.8, 4) is 5.75 Å². The highest BCUT2D eigenvalue weighted by Crippen LogP contribution is 2.34. The smallest absolute Gasteiger partial charge is 0.268 e. The minimum absolute atomic E-state index is 0.0407. The highest BCUT2D eigenvalue weighted by molar-refractivity contribution is 7.93. The van der Waals surface area contributed by atoms with Crippen molar-refractivity contribution >= 4 is 44.8 Å². The Morgan fingerprint density at radius 2 is 1.40 bits per heavy atom. The van der Waals surface area contributed by atoms with Crippen molar-refractivity contribution in [2.75, 3.05) is 44.1 Å². The second-order valence-corrected chi connectivity index (χ2v) is 13.1. The van der Waals surface area contributed by atoms with Gasteiger partial charge in [-0.15, -0.1) is 0 Å². The number of carbonyl (C=O) groups is 1. The van der Waals surface area contributed by atoms with Crippen LogP contribution in [-0.4, -0.2) is 64.0 Å². The number of amides is 1. The molecule has 224 valence electrons. The first-order valence-electron chi connectivity index (χ1n) is 13.9. The van der Waals surface area contributed by atoms with Crippen LogP contribution in [0.15, 0.2) is 102 Å². The van der Waals surface area contributed by atoms with Gasteiger partial charge < -0.3 is 9.64 Å². The van der Waals surface area contributed by atoms with Gasteiger partial charge in [0.25, 0.3) is 10.0 Å². The van der Waals surface area contributed by atoms with Crippen molar-refractivity contribution in [1.29, 1.82) is 0 Å². The molecule has 0 bridgehead atoms. The number of aryl methyl sites for hydroxylation is 1. The fourth-order valence-corrected chi connectivity index (χ4v) is 7.60. The van der Waals surface area contributed by atoms with Crippen molar-refractivity contribution in [3.05, 3.63) is 124 Å². The highest BCUT2D eigenvalue weighted by atomic mass is 35.5. The van der Waals surface area contributed by atoms with Crippen LogP contribution in [0.25, 0.3) is 0 Å². The number of methoxy groups -OCH3 is 1. The molecule has 0 saturated carbocycles. The zero-order valence-corrected chi connectivity index (χ0v) is 26.3. The molecule has 0 atom stereocenters. The summed E-state index contributed by atoms with van der Waals surface area (Å²) in [6.07, 6.45) is 0. The van der Waals surface area contributed by atoms with Crippen molar-refractivity contribution < 1.29 is 17.9 Å². The second kappa shape index (κ2) is 13.4. The highest BCUT2D eigenvalue weighted by Gasteiger charge is 2.34. The number of rotatable bonds is 9. The third-order valence-electron chi connectivity index (χ3n) is 7.56. The maximum atomic E-state index is 14.1. The number of sulfonamides is 1. The first-order valence-corrected chi connectivity index (χ1v) is 16.1. The average Bonchev–Trinajstić information content (AvgIpc) is 3.00. The molecule has 0 spiro atoms. The minimum Gasteiger partial charge on any atom is -0.495 e. The molecule has 1 heterocycles. The normalized spacial score (nSPS) is 14.1. The summed E-state index contributed by atoms with van der Waals surface area (Å²) in [5.74, 6) is -0.139. The lowest BCUT2D eigenvalue weighted by Gasteiger charge is -2.40. The maximum Gasteiger partial charge on any atom is 0.268 e. The molecular weight excluding hydrogens is 605 g/mol. The lowest BCUT2D eigenvalue weighted by molar-refractivity contribution is -0.131. The van der Waals surface area contributed by atoms with Crippen LogP contribution in [0.5, 0.6) is 5.75 Å². The standard InChI is InChI=1S/C33H33Cl2N3O4S/c1-24-13-14-30(42-2)31(19-24)43(40,41)38(29-21-27(34)20-28(35)22-29)23-32(39)36-15-17-37(18-16-36)33(25-9-5-3-6-10-25)26-11-7-4-8-12-26/h3-14,19-22,33H,15-18,23H2,1-2H3. The number of nitrogens with zero attached hydrogens (tertiary/aromatic N) is 3. The van der Waals surface area contributed by atoms with Crippen molar-refractivity contribution in [1.82, 2.24) is 9.80 Å². The summed E-state index contributed by atoms with van der Waals surface area (Å²) in [7, 11) is -2.84. The summed E-state index contributed by atoms with van der Waals surface area (Å²) in [6, 6.07) is 30.0. The number of piperazine rings is 1. The Bertz CT molecular complexity index is 1620. The van der Waals surface area contributed by atoms with E-state index in [1.54, 1.807) is 24.0 Å². The Morgan fingerprint density at radius 1 is 0.837 bits per heavy atom. The van der Waals surface area contributed by atoms with Gasteiger partial charge in [0.15, 0.2) is 0 Å². The van der Waals surface area contributed by atoms with Crippen LogP contribution in [-0.2, 0) is 14.8 Å². The predicted octanol–water partition coefficient (Wildman–Crippen LogP) is 6.44. The van der Waals surface area contributed by atoms with Gasteiger partial charge in [0.1, 0.15) is 17.2 Å². The molecule has 1 aliphatic heterocycles. The van der Waals surface area contributed by atoms with Gasteiger partial charge in [0, 0.05) is 36.2 Å². The molecule has 1 saturated heterocycles. The molecule has 0 unspecified atom stereocenters. The quantitative estimate of drug-likeness (QED) is 0.211. The molecule has 1 amide bonds. The number of benzene rings is 4. The van der Waals surface area contributed by atoms with Gasteiger partial charge in [-0.2, -0.15) is 0 Å². The van der Waals surface area contributed by atoms with E-state index in [2.05, 4.69) is 29.2 Å². The average molecular weight is 639 g/mol. The van der Waals surface area contributed by atoms with E-state index in [9.17, 15) is 13.2 Å². The molecule has 4 aromatic rings. The Morgan fingerprint density at radius 3 is 1.93 bits per heavy atom. The molecule has 4 aromatic carbocycles. The molecular formula is C33H33Cl2N3O4S. The van der Waals surface area contributed by atoms with Crippen molar-refractivity contribution in [2.45, 2.75) is 17.9 Å². The molecule has 43 heavy (non-hydrogen) atoms. The van der Waals surface area contributed by atoms with E-state index in [1.807, 2.05) is 36.4 Å². The van der Waals surface area contributed by atoms with Gasteiger partial charge in [0.05, 0.1) is 18.8 Å². The van der Waals surface area contributed by atoms with Crippen LogP contribution >= 0.6 is 23.2 Å². The van der Waals surface area contributed by atoms with Crippen LogP contribution < -0.4 is 9.04 Å². The number of ether oxygens (including phenoxy) is 1. The van der Waals surface area contributed by atoms with Crippen LogP contribution in [0.2, 0.25) is 10.0 Å². The zero-order chi connectivity index (χ0) is 30.6. The van der Waals surface area contributed by atoms with Gasteiger partial charge >= 0.3 is 0 Å². The predicted molar refractivity (Wildman–Crippen MR) is 172 cm³/mol. The molecule has 10 heteroatoms. The third kappa shape index (κ3) is 6.99. The number of carbonyl (C=O) groups excluding carboxylic acids is 1. The summed E-state index contributed by atoms with van der Waals surface area (Å²) in [5.41, 5.74) is 3.28. The Balaban J connectivity index is 1.40. The maximum absolute atomic E-state index is 14.1. The van der Waals surface area contributed by atoms with E-state index in [-0.39, 0.29) is 38.3 Å². The molecule has 7 nitrogen and oxygen atoms in total. The lowest BCUT2D eigenvalue weighted by atomic mass is 9.96. The lowest BCUT2D eigenvalue weighted by Crippen LogP contribution is -2.52. The molecule has 0 aliphatic carbocycles. The monoisotopic (exact) mass is 637 g/mol. The molecule has 1 aliphatic rings. The first kappa shape index (κ1) is 30.9. The summed E-state index contributed by atoms with van der Waals surface area (Å²) in [4.78, 5) is 17.8. The Kier molecular flexibility index (Phi) is 9.62. The fourth-order valence-electron chi connectivity index (χ4n) is 5.44. The van der Waals surface area contributed by atoms with Gasteiger partial charge in [-0.05, 0) is 53.9 Å². The van der Waals surface area contributed by atoms with E-state index < -0.39 is 16.6 Å². The Hall–Kier alpha value is -3.56. The number of halogens is 2. The van der Waals surface area contributed by atoms with Crippen molar-refractivity contribution in [3.63, 3.8) is 0 Å². The largest absolute Gasteiger partial charge is 0.495 e. The zero-order valence-electron chi connectivity index (χ0n) is 24.0. The molecule has 1 fully saturated rings. The SMILES string of the molecule is COc1ccc(C)cc1S(=O)(=O)N(CC(=O)N1CCN(C(c2ccccc2)c2ccccc2)CC1)c1cc(Cl)cc(Cl)c1. The molecule has 0 N–H and O–H groups in total. The van der Waals surface area contributed by atoms with E-state index in [1.165, 1.54) is 42.5 Å². The van der Waals surface area contributed by atoms with E-state index in [0.29, 0.717) is 26.2 Å². The van der Waals surface area contributed by atoms with Gasteiger partial charge in [0.2, 0.25) is 5.91 Å². The van der Waals surface area contributed by atoms with Crippen LogP contribution in [0.4, 0.5) is 5.69 Å².